The third-order valence-electron chi connectivity index (χ3n) is 3.82. The van der Waals surface area contributed by atoms with Gasteiger partial charge in [-0.05, 0) is 35.0 Å². The number of benzene rings is 3. The molecule has 126 valence electrons. The first-order chi connectivity index (χ1) is 12.2. The van der Waals surface area contributed by atoms with E-state index in [9.17, 15) is 4.79 Å². The highest BCUT2D eigenvalue weighted by Crippen LogP contribution is 2.25. The van der Waals surface area contributed by atoms with Crippen molar-refractivity contribution in [3.63, 3.8) is 0 Å². The van der Waals surface area contributed by atoms with E-state index in [2.05, 4.69) is 10.5 Å². The van der Waals surface area contributed by atoms with Gasteiger partial charge in [-0.15, -0.1) is 0 Å². The maximum absolute atomic E-state index is 12.5. The van der Waals surface area contributed by atoms with Crippen molar-refractivity contribution < 1.29 is 14.3 Å². The summed E-state index contributed by atoms with van der Waals surface area (Å²) in [5.74, 6) is 0.848. The van der Waals surface area contributed by atoms with Gasteiger partial charge in [0.15, 0.2) is 0 Å². The zero-order valence-electron chi connectivity index (χ0n) is 14.0. The van der Waals surface area contributed by atoms with Gasteiger partial charge in [-0.3, -0.25) is 4.79 Å². The first kappa shape index (κ1) is 16.5. The number of methoxy groups -OCH3 is 2. The normalized spacial score (nSPS) is 10.8. The summed E-state index contributed by atoms with van der Waals surface area (Å²) in [4.78, 5) is 12.5. The molecule has 5 nitrogen and oxygen atoms in total. The molecule has 0 saturated carbocycles. The Balaban J connectivity index is 1.83. The minimum absolute atomic E-state index is 0.339. The van der Waals surface area contributed by atoms with Gasteiger partial charge in [0.25, 0.3) is 5.91 Å². The van der Waals surface area contributed by atoms with Gasteiger partial charge in [0, 0.05) is 5.56 Å². The number of carbonyl (C=O) groups excluding carboxylic acids is 1. The predicted molar refractivity (Wildman–Crippen MR) is 98.6 cm³/mol. The van der Waals surface area contributed by atoms with E-state index in [1.165, 1.54) is 0 Å². The van der Waals surface area contributed by atoms with E-state index >= 15 is 0 Å². The summed E-state index contributed by atoms with van der Waals surface area (Å²) in [7, 11) is 3.13. The molecule has 0 atom stereocenters. The van der Waals surface area contributed by atoms with Gasteiger partial charge in [-0.25, -0.2) is 5.43 Å². The smallest absolute Gasteiger partial charge is 0.275 e. The highest BCUT2D eigenvalue weighted by molar-refractivity contribution is 6.02. The number of hydrogen-bond acceptors (Lipinski definition) is 4. The highest BCUT2D eigenvalue weighted by Gasteiger charge is 2.13. The van der Waals surface area contributed by atoms with Crippen LogP contribution in [0.1, 0.15) is 15.9 Å². The van der Waals surface area contributed by atoms with Gasteiger partial charge in [-0.1, -0.05) is 36.4 Å². The Morgan fingerprint density at radius 2 is 1.56 bits per heavy atom. The summed E-state index contributed by atoms with van der Waals surface area (Å²) in [6.45, 7) is 0. The molecule has 0 fully saturated rings. The van der Waals surface area contributed by atoms with Crippen LogP contribution < -0.4 is 14.9 Å². The molecule has 0 aliphatic carbocycles. The molecule has 0 radical (unpaired) electrons. The van der Waals surface area contributed by atoms with E-state index in [-0.39, 0.29) is 5.91 Å². The Kier molecular flexibility index (Phi) is 4.95. The van der Waals surface area contributed by atoms with Gasteiger partial charge in [0.2, 0.25) is 0 Å². The maximum atomic E-state index is 12.5. The summed E-state index contributed by atoms with van der Waals surface area (Å²) in [5, 5.41) is 5.99. The molecular formula is C20H18N2O3. The Morgan fingerprint density at radius 3 is 2.28 bits per heavy atom. The molecule has 3 aromatic rings. The van der Waals surface area contributed by atoms with Gasteiger partial charge >= 0.3 is 0 Å². The Morgan fingerprint density at radius 1 is 0.920 bits per heavy atom. The second-order valence-electron chi connectivity index (χ2n) is 5.34. The maximum Gasteiger partial charge on any atom is 0.275 e. The zero-order valence-corrected chi connectivity index (χ0v) is 14.0. The number of nitrogens with one attached hydrogen (secondary N) is 1. The lowest BCUT2D eigenvalue weighted by Gasteiger charge is -2.09. The van der Waals surface area contributed by atoms with Crippen LogP contribution in [0, 0.1) is 0 Å². The van der Waals surface area contributed by atoms with Crippen molar-refractivity contribution in [3.8, 4) is 11.5 Å². The monoisotopic (exact) mass is 334 g/mol. The minimum atomic E-state index is -0.339. The average molecular weight is 334 g/mol. The number of carbonyl (C=O) groups is 1. The van der Waals surface area contributed by atoms with Crippen LogP contribution in [0.4, 0.5) is 0 Å². The Hall–Kier alpha value is -3.34. The van der Waals surface area contributed by atoms with Crippen LogP contribution in [0.3, 0.4) is 0 Å². The lowest BCUT2D eigenvalue weighted by atomic mass is 10.1. The van der Waals surface area contributed by atoms with E-state index in [0.717, 1.165) is 16.3 Å². The van der Waals surface area contributed by atoms with Gasteiger partial charge in [0.1, 0.15) is 11.5 Å². The third kappa shape index (κ3) is 3.61. The third-order valence-corrected chi connectivity index (χ3v) is 3.82. The Labute approximate surface area is 145 Å². The average Bonchev–Trinajstić information content (AvgIpc) is 2.67. The molecule has 0 heterocycles. The first-order valence-corrected chi connectivity index (χ1v) is 7.76. The summed E-state index contributed by atoms with van der Waals surface area (Å²) in [6, 6.07) is 18.8. The van der Waals surface area contributed by atoms with Gasteiger partial charge in [-0.2, -0.15) is 5.10 Å². The quantitative estimate of drug-likeness (QED) is 0.573. The molecular weight excluding hydrogens is 316 g/mol. The number of fused-ring (bicyclic) bond motifs is 1. The van der Waals surface area contributed by atoms with Crippen molar-refractivity contribution in [3.05, 3.63) is 71.8 Å². The fraction of sp³-hybridized carbons (Fsp3) is 0.100. The van der Waals surface area contributed by atoms with E-state index in [4.69, 9.17) is 9.47 Å². The number of para-hydroxylation sites is 1. The van der Waals surface area contributed by atoms with Gasteiger partial charge < -0.3 is 9.47 Å². The van der Waals surface area contributed by atoms with Crippen LogP contribution in [0.2, 0.25) is 0 Å². The first-order valence-electron chi connectivity index (χ1n) is 7.76. The molecule has 0 spiro atoms. The summed E-state index contributed by atoms with van der Waals surface area (Å²) >= 11 is 0. The fourth-order valence-corrected chi connectivity index (χ4v) is 2.56. The number of hydrogen-bond donors (Lipinski definition) is 1. The summed E-state index contributed by atoms with van der Waals surface area (Å²) in [5.41, 5.74) is 3.74. The number of nitrogens with zero attached hydrogens (tertiary/aromatic N) is 1. The standard InChI is InChI=1S/C20H18N2O3/c1-24-18-10-6-5-9-16(18)13-21-22-20(23)17-11-14-7-3-4-8-15(14)12-19(17)25-2/h3-13H,1-2H3,(H,22,23)/b21-13+. The molecule has 0 bridgehead atoms. The van der Waals surface area contributed by atoms with Crippen LogP contribution in [0.25, 0.3) is 10.8 Å². The molecule has 3 rings (SSSR count). The van der Waals surface area contributed by atoms with Crippen LogP contribution in [0.5, 0.6) is 11.5 Å². The van der Waals surface area contributed by atoms with Crippen LogP contribution in [0.15, 0.2) is 65.8 Å². The molecule has 1 amide bonds. The topological polar surface area (TPSA) is 59.9 Å². The number of amides is 1. The second-order valence-corrected chi connectivity index (χ2v) is 5.34. The molecule has 1 N–H and O–H groups in total. The predicted octanol–water partition coefficient (Wildman–Crippen LogP) is 3.62. The van der Waals surface area contributed by atoms with Crippen LogP contribution in [-0.2, 0) is 0 Å². The van der Waals surface area contributed by atoms with Crippen molar-refractivity contribution in [2.75, 3.05) is 14.2 Å². The molecule has 0 aliphatic heterocycles. The van der Waals surface area contributed by atoms with Crippen molar-refractivity contribution in [2.24, 2.45) is 5.10 Å². The van der Waals surface area contributed by atoms with Crippen LogP contribution in [-0.4, -0.2) is 26.3 Å². The largest absolute Gasteiger partial charge is 0.496 e. The van der Waals surface area contributed by atoms with E-state index in [1.807, 2.05) is 54.6 Å². The number of ether oxygens (including phenoxy) is 2. The lowest BCUT2D eigenvalue weighted by Crippen LogP contribution is -2.18. The van der Waals surface area contributed by atoms with E-state index in [1.54, 1.807) is 26.5 Å². The fourth-order valence-electron chi connectivity index (χ4n) is 2.56. The van der Waals surface area contributed by atoms with Crippen molar-refractivity contribution in [1.82, 2.24) is 5.43 Å². The molecule has 0 aliphatic rings. The lowest BCUT2D eigenvalue weighted by molar-refractivity contribution is 0.0952. The van der Waals surface area contributed by atoms with Crippen molar-refractivity contribution >= 4 is 22.9 Å². The number of hydrazone groups is 1. The number of rotatable bonds is 5. The van der Waals surface area contributed by atoms with E-state index < -0.39 is 0 Å². The minimum Gasteiger partial charge on any atom is -0.496 e. The molecule has 25 heavy (non-hydrogen) atoms. The van der Waals surface area contributed by atoms with Gasteiger partial charge in [0.05, 0.1) is 26.0 Å². The van der Waals surface area contributed by atoms with Crippen molar-refractivity contribution in [1.29, 1.82) is 0 Å². The second kappa shape index (κ2) is 7.49. The van der Waals surface area contributed by atoms with Crippen molar-refractivity contribution in [2.45, 2.75) is 0 Å². The summed E-state index contributed by atoms with van der Waals surface area (Å²) < 4.78 is 10.6. The molecule has 0 aromatic heterocycles. The van der Waals surface area contributed by atoms with Crippen LogP contribution >= 0.6 is 0 Å². The molecule has 0 unspecified atom stereocenters. The molecule has 3 aromatic carbocycles. The SMILES string of the molecule is COc1ccccc1/C=N/NC(=O)c1cc2ccccc2cc1OC. The zero-order chi connectivity index (χ0) is 17.6. The Bertz CT molecular complexity index is 935. The molecule has 0 saturated heterocycles. The van der Waals surface area contributed by atoms with E-state index in [0.29, 0.717) is 17.1 Å². The molecule has 5 heteroatoms. The highest BCUT2D eigenvalue weighted by atomic mass is 16.5. The summed E-state index contributed by atoms with van der Waals surface area (Å²) in [6.07, 6.45) is 1.55.